The molecule has 3 nitrogen and oxygen atoms in total. The SMILES string of the molecule is CC1(COCc2ccccc2)CCC=C1C(=O)O. The molecule has 0 aromatic heterocycles. The Morgan fingerprint density at radius 3 is 2.78 bits per heavy atom. The van der Waals surface area contributed by atoms with Gasteiger partial charge in [0, 0.05) is 11.0 Å². The van der Waals surface area contributed by atoms with E-state index in [1.807, 2.05) is 43.3 Å². The van der Waals surface area contributed by atoms with Crippen molar-refractivity contribution in [1.29, 1.82) is 0 Å². The van der Waals surface area contributed by atoms with Crippen molar-refractivity contribution in [1.82, 2.24) is 0 Å². The lowest BCUT2D eigenvalue weighted by atomic mass is 9.84. The first-order chi connectivity index (χ1) is 8.62. The summed E-state index contributed by atoms with van der Waals surface area (Å²) < 4.78 is 5.68. The Labute approximate surface area is 107 Å². The third-order valence-corrected chi connectivity index (χ3v) is 3.46. The summed E-state index contributed by atoms with van der Waals surface area (Å²) >= 11 is 0. The van der Waals surface area contributed by atoms with Crippen LogP contribution in [0.15, 0.2) is 42.0 Å². The fraction of sp³-hybridized carbons (Fsp3) is 0.400. The standard InChI is InChI=1S/C15H18O3/c1-15(9-5-8-13(15)14(16)17)11-18-10-12-6-3-2-4-7-12/h2-4,6-8H,5,9-11H2,1H3,(H,16,17). The van der Waals surface area contributed by atoms with Crippen molar-refractivity contribution in [2.75, 3.05) is 6.61 Å². The van der Waals surface area contributed by atoms with Crippen LogP contribution in [-0.4, -0.2) is 17.7 Å². The van der Waals surface area contributed by atoms with E-state index >= 15 is 0 Å². The predicted molar refractivity (Wildman–Crippen MR) is 69.2 cm³/mol. The number of carboxylic acids is 1. The Morgan fingerprint density at radius 2 is 2.11 bits per heavy atom. The van der Waals surface area contributed by atoms with Crippen molar-refractivity contribution in [2.24, 2.45) is 5.41 Å². The van der Waals surface area contributed by atoms with Crippen LogP contribution in [0.1, 0.15) is 25.3 Å². The van der Waals surface area contributed by atoms with E-state index in [0.717, 1.165) is 18.4 Å². The van der Waals surface area contributed by atoms with Gasteiger partial charge in [-0.1, -0.05) is 43.3 Å². The smallest absolute Gasteiger partial charge is 0.331 e. The normalized spacial score (nSPS) is 22.8. The van der Waals surface area contributed by atoms with Gasteiger partial charge in [-0.05, 0) is 18.4 Å². The van der Waals surface area contributed by atoms with Gasteiger partial charge in [0.2, 0.25) is 0 Å². The molecule has 0 spiro atoms. The summed E-state index contributed by atoms with van der Waals surface area (Å²) in [5.41, 5.74) is 1.26. The highest BCUT2D eigenvalue weighted by atomic mass is 16.5. The Morgan fingerprint density at radius 1 is 1.39 bits per heavy atom. The summed E-state index contributed by atoms with van der Waals surface area (Å²) in [6.45, 7) is 2.95. The van der Waals surface area contributed by atoms with Crippen LogP contribution in [0, 0.1) is 5.41 Å². The molecule has 2 rings (SSSR count). The van der Waals surface area contributed by atoms with Crippen molar-refractivity contribution in [2.45, 2.75) is 26.4 Å². The predicted octanol–water partition coefficient (Wildman–Crippen LogP) is 3.01. The van der Waals surface area contributed by atoms with Crippen LogP contribution >= 0.6 is 0 Å². The molecule has 1 unspecified atom stereocenters. The van der Waals surface area contributed by atoms with Gasteiger partial charge in [0.25, 0.3) is 0 Å². The summed E-state index contributed by atoms with van der Waals surface area (Å²) in [6, 6.07) is 9.92. The zero-order valence-corrected chi connectivity index (χ0v) is 10.6. The first-order valence-electron chi connectivity index (χ1n) is 6.17. The molecule has 0 saturated carbocycles. The molecule has 1 aromatic rings. The van der Waals surface area contributed by atoms with Gasteiger partial charge in [0.1, 0.15) is 0 Å². The molecular formula is C15H18O3. The van der Waals surface area contributed by atoms with Gasteiger partial charge < -0.3 is 9.84 Å². The number of carbonyl (C=O) groups is 1. The third-order valence-electron chi connectivity index (χ3n) is 3.46. The van der Waals surface area contributed by atoms with Crippen LogP contribution in [0.5, 0.6) is 0 Å². The first kappa shape index (κ1) is 12.8. The van der Waals surface area contributed by atoms with Crippen molar-refractivity contribution < 1.29 is 14.6 Å². The van der Waals surface area contributed by atoms with Gasteiger partial charge in [-0.15, -0.1) is 0 Å². The number of allylic oxidation sites excluding steroid dienone is 1. The molecule has 0 bridgehead atoms. The summed E-state index contributed by atoms with van der Waals surface area (Å²) in [4.78, 5) is 11.1. The number of benzene rings is 1. The molecule has 0 heterocycles. The first-order valence-corrected chi connectivity index (χ1v) is 6.17. The molecule has 0 radical (unpaired) electrons. The van der Waals surface area contributed by atoms with Crippen molar-refractivity contribution in [3.8, 4) is 0 Å². The van der Waals surface area contributed by atoms with Crippen LogP contribution in [-0.2, 0) is 16.1 Å². The summed E-state index contributed by atoms with van der Waals surface area (Å²) in [5.74, 6) is -0.821. The molecule has 1 atom stereocenters. The zero-order chi connectivity index (χ0) is 13.0. The average Bonchev–Trinajstić information content (AvgIpc) is 2.73. The number of ether oxygens (including phenoxy) is 1. The van der Waals surface area contributed by atoms with Gasteiger partial charge in [-0.2, -0.15) is 0 Å². The molecule has 18 heavy (non-hydrogen) atoms. The molecular weight excluding hydrogens is 228 g/mol. The van der Waals surface area contributed by atoms with E-state index in [2.05, 4.69) is 0 Å². The Bertz CT molecular complexity index is 450. The van der Waals surface area contributed by atoms with E-state index in [0.29, 0.717) is 18.8 Å². The highest BCUT2D eigenvalue weighted by Crippen LogP contribution is 2.39. The van der Waals surface area contributed by atoms with E-state index in [1.165, 1.54) is 0 Å². The fourth-order valence-corrected chi connectivity index (χ4v) is 2.38. The zero-order valence-electron chi connectivity index (χ0n) is 10.6. The number of carboxylic acid groups (broad SMARTS) is 1. The molecule has 0 amide bonds. The van der Waals surface area contributed by atoms with Gasteiger partial charge in [0.15, 0.2) is 0 Å². The lowest BCUT2D eigenvalue weighted by molar-refractivity contribution is -0.134. The van der Waals surface area contributed by atoms with E-state index in [4.69, 9.17) is 9.84 Å². The van der Waals surface area contributed by atoms with Crippen molar-refractivity contribution in [3.63, 3.8) is 0 Å². The third kappa shape index (κ3) is 2.79. The minimum Gasteiger partial charge on any atom is -0.478 e. The lowest BCUT2D eigenvalue weighted by Gasteiger charge is -2.25. The summed E-state index contributed by atoms with van der Waals surface area (Å²) in [6.07, 6.45) is 3.49. The van der Waals surface area contributed by atoms with E-state index in [1.54, 1.807) is 0 Å². The largest absolute Gasteiger partial charge is 0.478 e. The maximum atomic E-state index is 11.1. The van der Waals surface area contributed by atoms with Crippen LogP contribution in [0.4, 0.5) is 0 Å². The number of hydrogen-bond acceptors (Lipinski definition) is 2. The Kier molecular flexibility index (Phi) is 3.82. The second-order valence-electron chi connectivity index (χ2n) is 5.00. The van der Waals surface area contributed by atoms with Gasteiger partial charge in [0.05, 0.1) is 13.2 Å². The van der Waals surface area contributed by atoms with Crippen LogP contribution < -0.4 is 0 Å². The molecule has 1 N–H and O–H groups in total. The molecule has 96 valence electrons. The van der Waals surface area contributed by atoms with Gasteiger partial charge >= 0.3 is 5.97 Å². The summed E-state index contributed by atoms with van der Waals surface area (Å²) in [7, 11) is 0. The number of hydrogen-bond donors (Lipinski definition) is 1. The summed E-state index contributed by atoms with van der Waals surface area (Å²) in [5, 5.41) is 9.14. The lowest BCUT2D eigenvalue weighted by Crippen LogP contribution is -2.26. The number of rotatable bonds is 5. The monoisotopic (exact) mass is 246 g/mol. The van der Waals surface area contributed by atoms with Crippen LogP contribution in [0.3, 0.4) is 0 Å². The fourth-order valence-electron chi connectivity index (χ4n) is 2.38. The van der Waals surface area contributed by atoms with E-state index in [-0.39, 0.29) is 5.41 Å². The van der Waals surface area contributed by atoms with Crippen LogP contribution in [0.25, 0.3) is 0 Å². The van der Waals surface area contributed by atoms with E-state index < -0.39 is 5.97 Å². The second kappa shape index (κ2) is 5.36. The number of aliphatic carboxylic acids is 1. The molecule has 3 heteroatoms. The average molecular weight is 246 g/mol. The maximum Gasteiger partial charge on any atom is 0.331 e. The van der Waals surface area contributed by atoms with Gasteiger partial charge in [-0.3, -0.25) is 0 Å². The second-order valence-corrected chi connectivity index (χ2v) is 5.00. The van der Waals surface area contributed by atoms with E-state index in [9.17, 15) is 4.79 Å². The molecule has 0 fully saturated rings. The minimum absolute atomic E-state index is 0.347. The Hall–Kier alpha value is -1.61. The quantitative estimate of drug-likeness (QED) is 0.868. The maximum absolute atomic E-state index is 11.1. The van der Waals surface area contributed by atoms with Gasteiger partial charge in [-0.25, -0.2) is 4.79 Å². The van der Waals surface area contributed by atoms with Crippen molar-refractivity contribution in [3.05, 3.63) is 47.5 Å². The van der Waals surface area contributed by atoms with Crippen molar-refractivity contribution >= 4 is 5.97 Å². The topological polar surface area (TPSA) is 46.5 Å². The van der Waals surface area contributed by atoms with Crippen LogP contribution in [0.2, 0.25) is 0 Å². The molecule has 1 aliphatic rings. The highest BCUT2D eigenvalue weighted by molar-refractivity contribution is 5.88. The highest BCUT2D eigenvalue weighted by Gasteiger charge is 2.36. The minimum atomic E-state index is -0.821. The molecule has 1 aromatic carbocycles. The molecule has 0 aliphatic heterocycles. The molecule has 1 aliphatic carbocycles. The Balaban J connectivity index is 1.90. The molecule has 0 saturated heterocycles.